The number of carbonyl (C=O) groups is 1. The fourth-order valence-corrected chi connectivity index (χ4v) is 7.16. The normalized spacial score (nSPS) is 17.3. The predicted octanol–water partition coefficient (Wildman–Crippen LogP) is 6.30. The van der Waals surface area contributed by atoms with Crippen molar-refractivity contribution < 1.29 is 22.3 Å². The number of pyridine rings is 2. The summed E-state index contributed by atoms with van der Waals surface area (Å²) in [5.41, 5.74) is 0.120. The maximum Gasteiger partial charge on any atom is 0.410 e. The summed E-state index contributed by atoms with van der Waals surface area (Å²) in [6, 6.07) is 6.39. The molecule has 4 aromatic rings. The van der Waals surface area contributed by atoms with Crippen LogP contribution in [0.3, 0.4) is 0 Å². The maximum atomic E-state index is 15.5. The minimum Gasteiger partial charge on any atom is -0.444 e. The molecular formula is C34H40ClFN6O5S. The molecule has 48 heavy (non-hydrogen) atoms. The molecule has 1 aliphatic rings. The van der Waals surface area contributed by atoms with Crippen LogP contribution in [0.15, 0.2) is 46.2 Å². The van der Waals surface area contributed by atoms with E-state index in [-0.39, 0.29) is 57.2 Å². The van der Waals surface area contributed by atoms with Crippen LogP contribution in [0.1, 0.15) is 65.6 Å². The molecular weight excluding hydrogens is 659 g/mol. The molecule has 1 fully saturated rings. The van der Waals surface area contributed by atoms with Crippen molar-refractivity contribution >= 4 is 44.4 Å². The van der Waals surface area contributed by atoms with Gasteiger partial charge in [0.1, 0.15) is 17.2 Å². The third-order valence-corrected chi connectivity index (χ3v) is 9.65. The lowest BCUT2D eigenvalue weighted by atomic mass is 10.0. The van der Waals surface area contributed by atoms with Crippen molar-refractivity contribution in [3.05, 3.63) is 69.1 Å². The van der Waals surface area contributed by atoms with E-state index in [9.17, 15) is 18.0 Å². The van der Waals surface area contributed by atoms with Crippen LogP contribution in [0.4, 0.5) is 15.0 Å². The van der Waals surface area contributed by atoms with Gasteiger partial charge in [0.25, 0.3) is 0 Å². The monoisotopic (exact) mass is 698 g/mol. The first-order valence-electron chi connectivity index (χ1n) is 15.6. The van der Waals surface area contributed by atoms with E-state index in [0.717, 1.165) is 17.9 Å². The molecule has 4 heterocycles. The maximum absolute atomic E-state index is 15.5. The Labute approximate surface area is 284 Å². The lowest BCUT2D eigenvalue weighted by Crippen LogP contribution is -2.59. The molecule has 0 radical (unpaired) electrons. The summed E-state index contributed by atoms with van der Waals surface area (Å²) >= 11 is 6.85. The Balaban J connectivity index is 1.81. The number of rotatable bonds is 5. The molecule has 0 N–H and O–H groups in total. The minimum atomic E-state index is -3.91. The number of fused-ring (bicyclic) bond motifs is 1. The third-order valence-electron chi connectivity index (χ3n) is 8.22. The summed E-state index contributed by atoms with van der Waals surface area (Å²) in [4.78, 5) is 44.5. The molecule has 0 saturated carbocycles. The largest absolute Gasteiger partial charge is 0.444 e. The van der Waals surface area contributed by atoms with Crippen molar-refractivity contribution in [2.45, 2.75) is 83.9 Å². The predicted molar refractivity (Wildman–Crippen MR) is 184 cm³/mol. The van der Waals surface area contributed by atoms with Gasteiger partial charge in [-0.25, -0.2) is 31.9 Å². The second-order valence-electron chi connectivity index (χ2n) is 13.6. The van der Waals surface area contributed by atoms with E-state index in [1.54, 1.807) is 37.9 Å². The zero-order valence-electron chi connectivity index (χ0n) is 28.5. The SMILES string of the molecule is Cc1ccnc(C(C)C)c1-n1c(=O)nc(N2C[C@@H](C)N(C(=O)OC(C)(C)C)C[C@@H]2C)c2cc(Cl)c(-c3c(F)cccc3S(C)(=O)=O)nc21. The first kappa shape index (κ1) is 35.2. The summed E-state index contributed by atoms with van der Waals surface area (Å²) in [7, 11) is -3.91. The standard InChI is InChI=1S/C34H40ClFN6O5S/c1-18(2)27-29(19(3)13-14-37-27)42-31-22(15-23(35)28(38-31)26-24(36)11-10-12-25(26)48(9,45)46)30(39-32(42)43)40-16-21(5)41(17-20(40)4)33(44)47-34(6,7)8/h10-15,18,20-21H,16-17H2,1-9H3/t20-,21+/m0/s1. The molecule has 1 saturated heterocycles. The highest BCUT2D eigenvalue weighted by Gasteiger charge is 2.37. The number of amides is 1. The summed E-state index contributed by atoms with van der Waals surface area (Å²) in [5, 5.41) is 0.342. The molecule has 1 aliphatic heterocycles. The fraction of sp³-hybridized carbons (Fsp3) is 0.441. The third kappa shape index (κ3) is 6.62. The Hall–Kier alpha value is -4.10. The Morgan fingerprint density at radius 3 is 2.42 bits per heavy atom. The van der Waals surface area contributed by atoms with E-state index in [1.165, 1.54) is 22.8 Å². The van der Waals surface area contributed by atoms with Gasteiger partial charge in [-0.05, 0) is 77.3 Å². The van der Waals surface area contributed by atoms with Gasteiger partial charge in [0.2, 0.25) is 0 Å². The van der Waals surface area contributed by atoms with E-state index in [1.807, 2.05) is 39.5 Å². The van der Waals surface area contributed by atoms with E-state index >= 15 is 4.39 Å². The lowest BCUT2D eigenvalue weighted by molar-refractivity contribution is 0.0130. The molecule has 0 aliphatic carbocycles. The number of sulfone groups is 1. The van der Waals surface area contributed by atoms with Crippen LogP contribution in [-0.2, 0) is 14.6 Å². The van der Waals surface area contributed by atoms with Gasteiger partial charge < -0.3 is 14.5 Å². The van der Waals surface area contributed by atoms with Gasteiger partial charge in [0, 0.05) is 37.6 Å². The van der Waals surface area contributed by atoms with Crippen molar-refractivity contribution in [1.29, 1.82) is 0 Å². The van der Waals surface area contributed by atoms with Crippen molar-refractivity contribution in [2.75, 3.05) is 24.2 Å². The smallest absolute Gasteiger partial charge is 0.410 e. The van der Waals surface area contributed by atoms with E-state index < -0.39 is 33.0 Å². The van der Waals surface area contributed by atoms with E-state index in [2.05, 4.69) is 9.97 Å². The van der Waals surface area contributed by atoms with Crippen LogP contribution in [0.2, 0.25) is 5.02 Å². The summed E-state index contributed by atoms with van der Waals surface area (Å²) < 4.78 is 48.1. The summed E-state index contributed by atoms with van der Waals surface area (Å²) in [5.74, 6) is -0.658. The quantitative estimate of drug-likeness (QED) is 0.236. The molecule has 256 valence electrons. The van der Waals surface area contributed by atoms with Crippen molar-refractivity contribution in [2.24, 2.45) is 0 Å². The highest BCUT2D eigenvalue weighted by atomic mass is 35.5. The van der Waals surface area contributed by atoms with E-state index in [4.69, 9.17) is 21.3 Å². The van der Waals surface area contributed by atoms with Crippen LogP contribution >= 0.6 is 11.6 Å². The number of nitrogens with zero attached hydrogens (tertiary/aromatic N) is 6. The van der Waals surface area contributed by atoms with Crippen molar-refractivity contribution in [1.82, 2.24) is 24.4 Å². The number of hydrogen-bond donors (Lipinski definition) is 0. The van der Waals surface area contributed by atoms with Crippen molar-refractivity contribution in [3.63, 3.8) is 0 Å². The number of benzene rings is 1. The number of carbonyl (C=O) groups excluding carboxylic acids is 1. The van der Waals surface area contributed by atoms with Gasteiger partial charge in [-0.1, -0.05) is 31.5 Å². The van der Waals surface area contributed by atoms with Gasteiger partial charge in [0.15, 0.2) is 15.5 Å². The number of piperazine rings is 1. The Bertz CT molecular complexity index is 2100. The van der Waals surface area contributed by atoms with Gasteiger partial charge in [0.05, 0.1) is 37.9 Å². The zero-order valence-corrected chi connectivity index (χ0v) is 30.1. The average molecular weight is 699 g/mol. The highest BCUT2D eigenvalue weighted by molar-refractivity contribution is 7.90. The van der Waals surface area contributed by atoms with E-state index in [0.29, 0.717) is 23.3 Å². The number of anilines is 1. The lowest BCUT2D eigenvalue weighted by Gasteiger charge is -2.44. The zero-order chi connectivity index (χ0) is 35.5. The average Bonchev–Trinajstić information content (AvgIpc) is 2.96. The number of ether oxygens (including phenoxy) is 1. The molecule has 3 aromatic heterocycles. The molecule has 14 heteroatoms. The van der Waals surface area contributed by atoms with Gasteiger partial charge in [-0.2, -0.15) is 4.98 Å². The topological polar surface area (TPSA) is 128 Å². The van der Waals surface area contributed by atoms with Gasteiger partial charge >= 0.3 is 11.8 Å². The highest BCUT2D eigenvalue weighted by Crippen LogP contribution is 2.39. The van der Waals surface area contributed by atoms with Crippen molar-refractivity contribution in [3.8, 4) is 16.9 Å². The molecule has 0 bridgehead atoms. The van der Waals surface area contributed by atoms with Crippen LogP contribution in [0.25, 0.3) is 28.0 Å². The molecule has 2 atom stereocenters. The van der Waals surface area contributed by atoms with Crippen LogP contribution in [-0.4, -0.2) is 76.0 Å². The molecule has 5 rings (SSSR count). The number of aryl methyl sites for hydroxylation is 1. The second kappa shape index (κ2) is 12.7. The van der Waals surface area contributed by atoms with Gasteiger partial charge in [-0.15, -0.1) is 0 Å². The van der Waals surface area contributed by atoms with Gasteiger partial charge in [-0.3, -0.25) is 4.98 Å². The number of halogens is 2. The Morgan fingerprint density at radius 2 is 1.79 bits per heavy atom. The van der Waals surface area contributed by atoms with Crippen LogP contribution in [0, 0.1) is 12.7 Å². The Morgan fingerprint density at radius 1 is 1.10 bits per heavy atom. The Kier molecular flexibility index (Phi) is 9.34. The van der Waals surface area contributed by atoms with Crippen LogP contribution < -0.4 is 10.6 Å². The summed E-state index contributed by atoms with van der Waals surface area (Å²) in [6.45, 7) is 15.5. The summed E-state index contributed by atoms with van der Waals surface area (Å²) in [6.07, 6.45) is 2.19. The fourth-order valence-electron chi connectivity index (χ4n) is 6.03. The first-order chi connectivity index (χ1) is 22.3. The number of aromatic nitrogens is 4. The minimum absolute atomic E-state index is 0.0363. The molecule has 1 amide bonds. The molecule has 1 aromatic carbocycles. The number of hydrogen-bond acceptors (Lipinski definition) is 9. The molecule has 0 spiro atoms. The first-order valence-corrected chi connectivity index (χ1v) is 17.9. The van der Waals surface area contributed by atoms with Crippen LogP contribution in [0.5, 0.6) is 0 Å². The second-order valence-corrected chi connectivity index (χ2v) is 16.0. The molecule has 11 nitrogen and oxygen atoms in total. The molecule has 0 unspecified atom stereocenters.